The van der Waals surface area contributed by atoms with E-state index in [0.717, 1.165) is 54.6 Å². The van der Waals surface area contributed by atoms with Crippen molar-refractivity contribution < 1.29 is 18.4 Å². The molecular weight excluding hydrogens is 549 g/mol. The summed E-state index contributed by atoms with van der Waals surface area (Å²) < 4.78 is 33.0. The van der Waals surface area contributed by atoms with Gasteiger partial charge >= 0.3 is 0 Å². The van der Waals surface area contributed by atoms with Gasteiger partial charge in [-0.1, -0.05) is 11.2 Å². The van der Waals surface area contributed by atoms with Gasteiger partial charge in [-0.3, -0.25) is 4.90 Å². The number of benzene rings is 1. The van der Waals surface area contributed by atoms with Crippen LogP contribution < -0.4 is 20.5 Å². The van der Waals surface area contributed by atoms with Gasteiger partial charge in [-0.2, -0.15) is 15.2 Å². The molecule has 2 aromatic heterocycles. The van der Waals surface area contributed by atoms with Crippen LogP contribution in [0.1, 0.15) is 74.5 Å². The van der Waals surface area contributed by atoms with Crippen molar-refractivity contribution in [2.24, 2.45) is 0 Å². The van der Waals surface area contributed by atoms with Crippen molar-refractivity contribution in [3.05, 3.63) is 46.2 Å². The Bertz CT molecular complexity index is 1620. The molecule has 7 rings (SSSR count). The van der Waals surface area contributed by atoms with Gasteiger partial charge in [-0.15, -0.1) is 0 Å². The predicted octanol–water partition coefficient (Wildman–Crippen LogP) is 4.09. The Morgan fingerprint density at radius 3 is 2.74 bits per heavy atom. The van der Waals surface area contributed by atoms with Crippen LogP contribution in [-0.4, -0.2) is 70.1 Å². The minimum atomic E-state index is -0.874. The summed E-state index contributed by atoms with van der Waals surface area (Å²) in [4.78, 5) is 11.6. The number of aryl methyl sites for hydroxylation is 1. The lowest BCUT2D eigenvalue weighted by Crippen LogP contribution is -2.67. The van der Waals surface area contributed by atoms with E-state index >= 15 is 0 Å². The zero-order valence-corrected chi connectivity index (χ0v) is 25.1. The summed E-state index contributed by atoms with van der Waals surface area (Å²) >= 11 is 0. The Kier molecular flexibility index (Phi) is 6.63. The van der Waals surface area contributed by atoms with Crippen LogP contribution in [0.3, 0.4) is 0 Å². The van der Waals surface area contributed by atoms with Crippen molar-refractivity contribution in [2.75, 3.05) is 25.9 Å². The molecule has 0 radical (unpaired) electrons. The van der Waals surface area contributed by atoms with E-state index in [2.05, 4.69) is 30.4 Å². The zero-order valence-electron chi connectivity index (χ0n) is 25.1. The number of aromatic nitrogens is 3. The molecule has 0 saturated carbocycles. The van der Waals surface area contributed by atoms with Crippen molar-refractivity contribution in [3.8, 4) is 29.3 Å². The van der Waals surface area contributed by atoms with E-state index in [1.54, 1.807) is 6.07 Å². The topological polar surface area (TPSA) is 135 Å². The number of nitriles is 1. The van der Waals surface area contributed by atoms with Gasteiger partial charge in [0.05, 0.1) is 22.6 Å². The number of nitrogen functional groups attached to an aromatic ring is 1. The third-order valence-electron chi connectivity index (χ3n) is 10.1. The van der Waals surface area contributed by atoms with Crippen molar-refractivity contribution in [3.63, 3.8) is 0 Å². The molecule has 0 bridgehead atoms. The second-order valence-corrected chi connectivity index (χ2v) is 13.2. The van der Waals surface area contributed by atoms with Gasteiger partial charge in [-0.05, 0) is 83.5 Å². The van der Waals surface area contributed by atoms with Crippen LogP contribution in [-0.2, 0) is 18.3 Å². The van der Waals surface area contributed by atoms with Gasteiger partial charge in [0.15, 0.2) is 17.3 Å². The SMILES string of the molecule is C[C@H](Oc1cc(O[C@@H]2CNC2(C)C)nc(-c2noc3c2CCC[C@@]32CCc3ccc(N)c(C#N)c32)n1)[C@@H]1C[C@@H](F)CN1C. The number of nitrogens with zero attached hydrogens (tertiary/aromatic N) is 5. The Morgan fingerprint density at radius 1 is 1.23 bits per heavy atom. The minimum absolute atomic E-state index is 0.0728. The molecule has 2 aliphatic heterocycles. The van der Waals surface area contributed by atoms with Gasteiger partial charge in [0.2, 0.25) is 11.8 Å². The summed E-state index contributed by atoms with van der Waals surface area (Å²) in [6, 6.07) is 7.85. The van der Waals surface area contributed by atoms with Crippen LogP contribution in [0.5, 0.6) is 11.8 Å². The fourth-order valence-electron chi connectivity index (χ4n) is 7.60. The third kappa shape index (κ3) is 4.54. The van der Waals surface area contributed by atoms with Crippen LogP contribution in [0.4, 0.5) is 10.1 Å². The molecule has 1 aromatic carbocycles. The molecule has 4 aliphatic rings. The van der Waals surface area contributed by atoms with Crippen molar-refractivity contribution >= 4 is 5.69 Å². The molecule has 2 aliphatic carbocycles. The molecule has 11 heteroatoms. The quantitative estimate of drug-likeness (QED) is 0.406. The number of alkyl halides is 1. The maximum atomic E-state index is 14.2. The van der Waals surface area contributed by atoms with Crippen molar-refractivity contribution in [1.82, 2.24) is 25.3 Å². The van der Waals surface area contributed by atoms with Crippen LogP contribution in [0.25, 0.3) is 11.5 Å². The maximum absolute atomic E-state index is 14.2. The summed E-state index contributed by atoms with van der Waals surface area (Å²) in [5, 5.41) is 18.0. The van der Waals surface area contributed by atoms with E-state index in [0.29, 0.717) is 54.0 Å². The molecule has 2 fully saturated rings. The monoisotopic (exact) mass is 587 g/mol. The fourth-order valence-corrected chi connectivity index (χ4v) is 7.60. The number of likely N-dealkylation sites (tertiary alicyclic amines) is 1. The zero-order chi connectivity index (χ0) is 30.1. The van der Waals surface area contributed by atoms with E-state index < -0.39 is 11.6 Å². The molecule has 10 nitrogen and oxygen atoms in total. The first-order valence-electron chi connectivity index (χ1n) is 15.2. The van der Waals surface area contributed by atoms with E-state index in [1.165, 1.54) is 0 Å². The second kappa shape index (κ2) is 10.2. The first-order chi connectivity index (χ1) is 20.6. The molecule has 4 heterocycles. The number of nitrogens with one attached hydrogen (secondary N) is 1. The molecule has 0 amide bonds. The van der Waals surface area contributed by atoms with E-state index in [9.17, 15) is 9.65 Å². The number of anilines is 1. The van der Waals surface area contributed by atoms with Gasteiger partial charge in [0.25, 0.3) is 0 Å². The van der Waals surface area contributed by atoms with Crippen molar-refractivity contribution in [1.29, 1.82) is 5.26 Å². The number of ether oxygens (including phenoxy) is 2. The number of rotatable bonds is 6. The smallest absolute Gasteiger partial charge is 0.221 e. The highest BCUT2D eigenvalue weighted by molar-refractivity contribution is 5.68. The fraction of sp³-hybridized carbons (Fsp3) is 0.562. The van der Waals surface area contributed by atoms with E-state index in [1.807, 2.05) is 31.0 Å². The molecule has 2 saturated heterocycles. The number of likely N-dealkylation sites (N-methyl/N-ethyl adjacent to an activating group) is 1. The highest BCUT2D eigenvalue weighted by Gasteiger charge is 2.49. The van der Waals surface area contributed by atoms with Gasteiger partial charge in [0, 0.05) is 30.4 Å². The summed E-state index contributed by atoms with van der Waals surface area (Å²) in [6.45, 7) is 7.20. The molecule has 1 spiro atoms. The number of hydrogen-bond donors (Lipinski definition) is 2. The van der Waals surface area contributed by atoms with Gasteiger partial charge < -0.3 is 25.0 Å². The summed E-state index contributed by atoms with van der Waals surface area (Å²) in [6.07, 6.45) is 3.33. The number of nitrogens with two attached hydrogens (primary N) is 1. The molecule has 226 valence electrons. The van der Waals surface area contributed by atoms with E-state index in [4.69, 9.17) is 29.7 Å². The first-order valence-corrected chi connectivity index (χ1v) is 15.2. The van der Waals surface area contributed by atoms with Crippen LogP contribution in [0, 0.1) is 11.3 Å². The summed E-state index contributed by atoms with van der Waals surface area (Å²) in [5.41, 5.74) is 10.2. The molecule has 43 heavy (non-hydrogen) atoms. The van der Waals surface area contributed by atoms with Crippen LogP contribution in [0.2, 0.25) is 0 Å². The standard InChI is InChI=1S/C32H38FN7O3/c1-17(23-12-19(33)16-40(23)4)41-25-13-26(42-24-15-36-31(24,2)3)38-30(37-25)28-20-6-5-10-32(29(20)43-39-28)11-9-18-7-8-22(35)21(14-34)27(18)32/h7-8,13,17,19,23-24,36H,5-6,9-12,15-16,35H2,1-4H3/t17-,19+,23-,24+,32-/m0/s1. The summed E-state index contributed by atoms with van der Waals surface area (Å²) in [5.74, 6) is 1.87. The van der Waals surface area contributed by atoms with Crippen LogP contribution >= 0.6 is 0 Å². The highest BCUT2D eigenvalue weighted by Crippen LogP contribution is 2.54. The summed E-state index contributed by atoms with van der Waals surface area (Å²) in [7, 11) is 1.92. The third-order valence-corrected chi connectivity index (χ3v) is 10.1. The Labute approximate surface area is 250 Å². The maximum Gasteiger partial charge on any atom is 0.221 e. The number of halogens is 1. The predicted molar refractivity (Wildman–Crippen MR) is 158 cm³/mol. The lowest BCUT2D eigenvalue weighted by atomic mass is 9.68. The Hall–Kier alpha value is -3.75. The molecule has 5 atom stereocenters. The Morgan fingerprint density at radius 2 is 2.05 bits per heavy atom. The minimum Gasteiger partial charge on any atom is -0.473 e. The average Bonchev–Trinajstić information content (AvgIpc) is 3.67. The van der Waals surface area contributed by atoms with Crippen LogP contribution in [0.15, 0.2) is 22.7 Å². The molecule has 3 N–H and O–H groups in total. The Balaban J connectivity index is 1.28. The molecule has 0 unspecified atom stereocenters. The van der Waals surface area contributed by atoms with E-state index in [-0.39, 0.29) is 23.8 Å². The highest BCUT2D eigenvalue weighted by atomic mass is 19.1. The molecule has 3 aromatic rings. The largest absolute Gasteiger partial charge is 0.473 e. The average molecular weight is 588 g/mol. The first kappa shape index (κ1) is 28.0. The van der Waals surface area contributed by atoms with Gasteiger partial charge in [0.1, 0.15) is 24.4 Å². The lowest BCUT2D eigenvalue weighted by molar-refractivity contribution is 0.0261. The number of fused-ring (bicyclic) bond motifs is 4. The number of hydrogen-bond acceptors (Lipinski definition) is 10. The normalized spacial score (nSPS) is 28.1. The lowest BCUT2D eigenvalue weighted by Gasteiger charge is -2.44. The second-order valence-electron chi connectivity index (χ2n) is 13.2. The van der Waals surface area contributed by atoms with Crippen molar-refractivity contribution in [2.45, 2.75) is 94.7 Å². The molecular formula is C32H38FN7O3. The van der Waals surface area contributed by atoms with Gasteiger partial charge in [-0.25, -0.2) is 4.39 Å².